The number of anilines is 1. The number of halogens is 3. The molecule has 0 atom stereocenters. The van der Waals surface area contributed by atoms with Crippen molar-refractivity contribution in [1.29, 1.82) is 0 Å². The lowest BCUT2D eigenvalue weighted by atomic mass is 10.2. The zero-order valence-corrected chi connectivity index (χ0v) is 12.4. The molecule has 0 aliphatic carbocycles. The van der Waals surface area contributed by atoms with Crippen molar-refractivity contribution in [2.45, 2.75) is 0 Å². The van der Waals surface area contributed by atoms with Crippen LogP contribution in [-0.4, -0.2) is 11.0 Å². The number of carbonyl (C=O) groups excluding carboxylic acids is 1. The third kappa shape index (κ3) is 3.36. The van der Waals surface area contributed by atoms with Gasteiger partial charge in [0.2, 0.25) is 0 Å². The summed E-state index contributed by atoms with van der Waals surface area (Å²) in [5.41, 5.74) is 0.688. The summed E-state index contributed by atoms with van der Waals surface area (Å²) in [5, 5.41) is 12.0. The first-order valence-corrected chi connectivity index (χ1v) is 6.68. The van der Waals surface area contributed by atoms with Gasteiger partial charge >= 0.3 is 0 Å². The van der Waals surface area contributed by atoms with Crippen LogP contribution in [0.15, 0.2) is 36.4 Å². The molecule has 0 bridgehead atoms. The quantitative estimate of drug-likeness (QED) is 0.759. The number of carbonyl (C=O) groups is 1. The fraction of sp³-hybridized carbons (Fsp3) is 0. The molecule has 3 nitrogen and oxygen atoms in total. The highest BCUT2D eigenvalue weighted by Gasteiger charge is 2.09. The largest absolute Gasteiger partial charge is 0.507 e. The van der Waals surface area contributed by atoms with Crippen molar-refractivity contribution in [3.63, 3.8) is 0 Å². The molecule has 0 fully saturated rings. The first-order valence-electron chi connectivity index (χ1n) is 5.22. The van der Waals surface area contributed by atoms with E-state index >= 15 is 0 Å². The Hall–Kier alpha value is -1.34. The van der Waals surface area contributed by atoms with Gasteiger partial charge in [0, 0.05) is 11.3 Å². The van der Waals surface area contributed by atoms with E-state index in [4.69, 9.17) is 11.6 Å². The SMILES string of the molecule is O=C(Nc1ccc(F)c(Cl)c1)c1ccc(I)c(O)c1. The van der Waals surface area contributed by atoms with Crippen LogP contribution in [0.2, 0.25) is 5.02 Å². The molecular formula is C13H8ClFINO2. The van der Waals surface area contributed by atoms with Gasteiger partial charge in [-0.25, -0.2) is 4.39 Å². The number of phenols is 1. The lowest BCUT2D eigenvalue weighted by molar-refractivity contribution is 0.102. The molecule has 2 aromatic rings. The number of amides is 1. The van der Waals surface area contributed by atoms with E-state index in [0.29, 0.717) is 14.8 Å². The topological polar surface area (TPSA) is 49.3 Å². The van der Waals surface area contributed by atoms with E-state index in [2.05, 4.69) is 5.32 Å². The predicted molar refractivity (Wildman–Crippen MR) is 80.2 cm³/mol. The van der Waals surface area contributed by atoms with Crippen LogP contribution in [0.1, 0.15) is 10.4 Å². The van der Waals surface area contributed by atoms with Gasteiger partial charge in [0.1, 0.15) is 11.6 Å². The van der Waals surface area contributed by atoms with Gasteiger partial charge in [0.05, 0.1) is 8.59 Å². The van der Waals surface area contributed by atoms with Crippen LogP contribution >= 0.6 is 34.2 Å². The molecule has 0 unspecified atom stereocenters. The van der Waals surface area contributed by atoms with Crippen molar-refractivity contribution in [3.8, 4) is 5.75 Å². The first kappa shape index (κ1) is 14.1. The van der Waals surface area contributed by atoms with E-state index in [9.17, 15) is 14.3 Å². The van der Waals surface area contributed by atoms with E-state index in [0.717, 1.165) is 0 Å². The molecule has 0 aliphatic heterocycles. The van der Waals surface area contributed by atoms with Gasteiger partial charge in [-0.3, -0.25) is 4.79 Å². The average molecular weight is 392 g/mol. The highest BCUT2D eigenvalue weighted by Crippen LogP contribution is 2.22. The molecular weight excluding hydrogens is 384 g/mol. The fourth-order valence-electron chi connectivity index (χ4n) is 1.43. The molecule has 98 valence electrons. The maximum atomic E-state index is 13.0. The molecule has 0 aliphatic rings. The molecule has 0 spiro atoms. The van der Waals surface area contributed by atoms with Crippen molar-refractivity contribution in [2.24, 2.45) is 0 Å². The second kappa shape index (κ2) is 5.75. The second-order valence-corrected chi connectivity index (χ2v) is 5.32. The molecule has 1 amide bonds. The van der Waals surface area contributed by atoms with Crippen LogP contribution in [0, 0.1) is 9.39 Å². The molecule has 0 aromatic heterocycles. The number of aromatic hydroxyl groups is 1. The summed E-state index contributed by atoms with van der Waals surface area (Å²) in [4.78, 5) is 11.9. The normalized spacial score (nSPS) is 10.3. The number of nitrogens with one attached hydrogen (secondary N) is 1. The van der Waals surface area contributed by atoms with Crippen molar-refractivity contribution >= 4 is 45.8 Å². The maximum Gasteiger partial charge on any atom is 0.255 e. The Morgan fingerprint density at radius 2 is 2.00 bits per heavy atom. The summed E-state index contributed by atoms with van der Waals surface area (Å²) < 4.78 is 13.6. The second-order valence-electron chi connectivity index (χ2n) is 3.75. The highest BCUT2D eigenvalue weighted by atomic mass is 127. The summed E-state index contributed by atoms with van der Waals surface area (Å²) >= 11 is 7.58. The fourth-order valence-corrected chi connectivity index (χ4v) is 1.95. The van der Waals surface area contributed by atoms with E-state index in [1.165, 1.54) is 24.3 Å². The highest BCUT2D eigenvalue weighted by molar-refractivity contribution is 14.1. The Bertz CT molecular complexity index is 649. The summed E-state index contributed by atoms with van der Waals surface area (Å²) in [6.07, 6.45) is 0. The van der Waals surface area contributed by atoms with Crippen LogP contribution in [-0.2, 0) is 0 Å². The van der Waals surface area contributed by atoms with Gasteiger partial charge in [-0.1, -0.05) is 11.6 Å². The molecule has 0 heterocycles. The molecule has 6 heteroatoms. The van der Waals surface area contributed by atoms with E-state index < -0.39 is 11.7 Å². The van der Waals surface area contributed by atoms with Crippen LogP contribution in [0.4, 0.5) is 10.1 Å². The summed E-state index contributed by atoms with van der Waals surface area (Å²) in [6, 6.07) is 8.48. The van der Waals surface area contributed by atoms with Crippen LogP contribution in [0.3, 0.4) is 0 Å². The molecule has 2 N–H and O–H groups in total. The average Bonchev–Trinajstić information content (AvgIpc) is 2.37. The Kier molecular flexibility index (Phi) is 4.26. The third-order valence-electron chi connectivity index (χ3n) is 2.39. The maximum absolute atomic E-state index is 13.0. The molecule has 2 rings (SSSR count). The molecule has 19 heavy (non-hydrogen) atoms. The van der Waals surface area contributed by atoms with Gasteiger partial charge in [-0.05, 0) is 59.0 Å². The van der Waals surface area contributed by atoms with Crippen LogP contribution < -0.4 is 5.32 Å². The molecule has 0 saturated heterocycles. The van der Waals surface area contributed by atoms with E-state index in [1.807, 2.05) is 22.6 Å². The van der Waals surface area contributed by atoms with E-state index in [-0.39, 0.29) is 10.8 Å². The minimum Gasteiger partial charge on any atom is -0.507 e. The predicted octanol–water partition coefficient (Wildman–Crippen LogP) is 4.04. The van der Waals surface area contributed by atoms with Gasteiger partial charge in [0.15, 0.2) is 0 Å². The van der Waals surface area contributed by atoms with Crippen molar-refractivity contribution in [1.82, 2.24) is 0 Å². The molecule has 0 radical (unpaired) electrons. The van der Waals surface area contributed by atoms with Crippen molar-refractivity contribution in [2.75, 3.05) is 5.32 Å². The van der Waals surface area contributed by atoms with Gasteiger partial charge < -0.3 is 10.4 Å². The Balaban J connectivity index is 2.20. The summed E-state index contributed by atoms with van der Waals surface area (Å²) in [7, 11) is 0. The minimum atomic E-state index is -0.549. The number of benzene rings is 2. The van der Waals surface area contributed by atoms with Gasteiger partial charge in [-0.2, -0.15) is 0 Å². The van der Waals surface area contributed by atoms with Gasteiger partial charge in [0.25, 0.3) is 5.91 Å². The number of rotatable bonds is 2. The monoisotopic (exact) mass is 391 g/mol. The smallest absolute Gasteiger partial charge is 0.255 e. The number of hydrogen-bond donors (Lipinski definition) is 2. The van der Waals surface area contributed by atoms with Crippen LogP contribution in [0.25, 0.3) is 0 Å². The van der Waals surface area contributed by atoms with Crippen molar-refractivity contribution < 1.29 is 14.3 Å². The first-order chi connectivity index (χ1) is 8.97. The number of phenolic OH excluding ortho intramolecular Hbond substituents is 1. The van der Waals surface area contributed by atoms with Crippen LogP contribution in [0.5, 0.6) is 5.75 Å². The standard InChI is InChI=1S/C13H8ClFINO2/c14-9-6-8(2-3-10(9)15)17-13(19)7-1-4-11(16)12(18)5-7/h1-6,18H,(H,17,19). The summed E-state index contributed by atoms with van der Waals surface area (Å²) in [5.74, 6) is -0.925. The Labute approximate surface area is 127 Å². The lowest BCUT2D eigenvalue weighted by Crippen LogP contribution is -2.11. The van der Waals surface area contributed by atoms with Gasteiger partial charge in [-0.15, -0.1) is 0 Å². The zero-order valence-electron chi connectivity index (χ0n) is 9.45. The number of hydrogen-bond acceptors (Lipinski definition) is 2. The zero-order chi connectivity index (χ0) is 14.0. The Morgan fingerprint density at radius 3 is 2.63 bits per heavy atom. The Morgan fingerprint density at radius 1 is 1.26 bits per heavy atom. The third-order valence-corrected chi connectivity index (χ3v) is 3.59. The minimum absolute atomic E-state index is 0.0328. The lowest BCUT2D eigenvalue weighted by Gasteiger charge is -2.07. The summed E-state index contributed by atoms with van der Waals surface area (Å²) in [6.45, 7) is 0. The van der Waals surface area contributed by atoms with Crippen molar-refractivity contribution in [3.05, 3.63) is 56.4 Å². The molecule has 2 aromatic carbocycles. The molecule has 0 saturated carbocycles. The van der Waals surface area contributed by atoms with E-state index in [1.54, 1.807) is 12.1 Å².